The quantitative estimate of drug-likeness (QED) is 0.415. The molecule has 0 aliphatic rings. The Morgan fingerprint density at radius 2 is 1.65 bits per heavy atom. The number of alkyl halides is 1. The summed E-state index contributed by atoms with van der Waals surface area (Å²) in [6.07, 6.45) is 0.730. The van der Waals surface area contributed by atoms with Crippen LogP contribution >= 0.6 is 15.9 Å². The molecule has 0 aromatic carbocycles. The number of ether oxygens (including phenoxy) is 2. The van der Waals surface area contributed by atoms with Crippen LogP contribution < -0.4 is 0 Å². The number of halogens is 1. The lowest BCUT2D eigenvalue weighted by molar-refractivity contribution is -0.161. The molecule has 0 radical (unpaired) electrons. The van der Waals surface area contributed by atoms with E-state index >= 15 is 0 Å². The Balaban J connectivity index is 4.49. The topological polar surface area (TPSA) is 72.8 Å². The maximum Gasteiger partial charge on any atom is 0.320 e. The molecule has 0 aromatic heterocycles. The van der Waals surface area contributed by atoms with Gasteiger partial charge in [-0.05, 0) is 26.7 Å². The molecule has 0 aromatic rings. The van der Waals surface area contributed by atoms with Crippen LogP contribution in [0.1, 0.15) is 26.7 Å². The highest BCUT2D eigenvalue weighted by molar-refractivity contribution is 9.09. The minimum absolute atomic E-state index is 0.00567. The second-order valence-electron chi connectivity index (χ2n) is 3.40. The molecule has 17 heavy (non-hydrogen) atoms. The number of aliphatic hydroxyl groups excluding tert-OH is 1. The molecule has 0 aliphatic carbocycles. The fraction of sp³-hybridized carbons (Fsp3) is 0.818. The molecule has 0 saturated heterocycles. The second-order valence-corrected chi connectivity index (χ2v) is 4.70. The van der Waals surface area contributed by atoms with E-state index < -0.39 is 17.9 Å². The van der Waals surface area contributed by atoms with Crippen LogP contribution in [0.25, 0.3) is 0 Å². The van der Waals surface area contributed by atoms with E-state index in [0.29, 0.717) is 6.42 Å². The summed E-state index contributed by atoms with van der Waals surface area (Å²) >= 11 is 3.30. The first-order valence-corrected chi connectivity index (χ1v) is 6.56. The summed E-state index contributed by atoms with van der Waals surface area (Å²) in [5.41, 5.74) is 0. The van der Waals surface area contributed by atoms with Crippen LogP contribution in [0.3, 0.4) is 0 Å². The van der Waals surface area contributed by atoms with Crippen molar-refractivity contribution in [3.8, 4) is 0 Å². The molecule has 0 fully saturated rings. The summed E-state index contributed by atoms with van der Waals surface area (Å²) in [6, 6.07) is 0. The lowest BCUT2D eigenvalue weighted by Crippen LogP contribution is -2.30. The molecule has 0 spiro atoms. The molecule has 5 nitrogen and oxygen atoms in total. The molecule has 0 heterocycles. The molecule has 0 bridgehead atoms. The van der Waals surface area contributed by atoms with Gasteiger partial charge in [-0.3, -0.25) is 9.59 Å². The van der Waals surface area contributed by atoms with Crippen molar-refractivity contribution in [3.05, 3.63) is 0 Å². The van der Waals surface area contributed by atoms with E-state index in [2.05, 4.69) is 15.9 Å². The number of rotatable bonds is 8. The van der Waals surface area contributed by atoms with E-state index in [1.807, 2.05) is 0 Å². The molecule has 0 aliphatic heterocycles. The van der Waals surface area contributed by atoms with Crippen molar-refractivity contribution in [2.24, 2.45) is 5.92 Å². The SMILES string of the molecule is CCOC(=O)C(C[C@@H](Br)CCO)C(=O)OCC. The Morgan fingerprint density at radius 3 is 2.00 bits per heavy atom. The summed E-state index contributed by atoms with van der Waals surface area (Å²) in [7, 11) is 0. The number of carbonyl (C=O) groups excluding carboxylic acids is 2. The molecule has 6 heteroatoms. The average molecular weight is 311 g/mol. The summed E-state index contributed by atoms with van der Waals surface area (Å²) < 4.78 is 9.65. The summed E-state index contributed by atoms with van der Waals surface area (Å²) in [5.74, 6) is -2.08. The van der Waals surface area contributed by atoms with E-state index in [0.717, 1.165) is 0 Å². The van der Waals surface area contributed by atoms with Crippen molar-refractivity contribution in [2.45, 2.75) is 31.5 Å². The summed E-state index contributed by atoms with van der Waals surface area (Å²) in [6.45, 7) is 3.80. The van der Waals surface area contributed by atoms with Crippen LogP contribution in [0.2, 0.25) is 0 Å². The Hall–Kier alpha value is -0.620. The molecular formula is C11H19BrO5. The monoisotopic (exact) mass is 310 g/mol. The zero-order valence-electron chi connectivity index (χ0n) is 10.1. The van der Waals surface area contributed by atoms with E-state index in [9.17, 15) is 9.59 Å². The second kappa shape index (κ2) is 9.41. The van der Waals surface area contributed by atoms with Gasteiger partial charge in [0.2, 0.25) is 0 Å². The number of aliphatic hydroxyl groups is 1. The first-order chi connectivity index (χ1) is 8.06. The van der Waals surface area contributed by atoms with E-state index in [-0.39, 0.29) is 31.1 Å². The number of carbonyl (C=O) groups is 2. The molecule has 0 amide bonds. The van der Waals surface area contributed by atoms with Crippen LogP contribution in [0.5, 0.6) is 0 Å². The van der Waals surface area contributed by atoms with Crippen LogP contribution in [-0.4, -0.2) is 41.7 Å². The lowest BCUT2D eigenvalue weighted by atomic mass is 10.0. The molecule has 0 rings (SSSR count). The predicted octanol–water partition coefficient (Wildman–Crippen LogP) is 1.26. The van der Waals surface area contributed by atoms with Crippen LogP contribution in [0.4, 0.5) is 0 Å². The van der Waals surface area contributed by atoms with Crippen LogP contribution in [-0.2, 0) is 19.1 Å². The minimum atomic E-state index is -0.925. The molecule has 1 N–H and O–H groups in total. The van der Waals surface area contributed by atoms with Crippen molar-refractivity contribution in [1.29, 1.82) is 0 Å². The van der Waals surface area contributed by atoms with Gasteiger partial charge in [-0.15, -0.1) is 0 Å². The smallest absolute Gasteiger partial charge is 0.320 e. The van der Waals surface area contributed by atoms with Crippen molar-refractivity contribution in [2.75, 3.05) is 19.8 Å². The minimum Gasteiger partial charge on any atom is -0.465 e. The third kappa shape index (κ3) is 6.63. The largest absolute Gasteiger partial charge is 0.465 e. The van der Waals surface area contributed by atoms with Gasteiger partial charge in [-0.1, -0.05) is 15.9 Å². The zero-order chi connectivity index (χ0) is 13.3. The van der Waals surface area contributed by atoms with Crippen molar-refractivity contribution < 1.29 is 24.2 Å². The van der Waals surface area contributed by atoms with Gasteiger partial charge in [0.15, 0.2) is 5.92 Å². The van der Waals surface area contributed by atoms with Gasteiger partial charge < -0.3 is 14.6 Å². The highest BCUT2D eigenvalue weighted by Crippen LogP contribution is 2.19. The third-order valence-electron chi connectivity index (χ3n) is 2.08. The fourth-order valence-electron chi connectivity index (χ4n) is 1.29. The lowest BCUT2D eigenvalue weighted by Gasteiger charge is -2.16. The van der Waals surface area contributed by atoms with Gasteiger partial charge in [-0.2, -0.15) is 0 Å². The van der Waals surface area contributed by atoms with E-state index in [1.165, 1.54) is 0 Å². The average Bonchev–Trinajstić information content (AvgIpc) is 2.26. The van der Waals surface area contributed by atoms with Crippen molar-refractivity contribution in [1.82, 2.24) is 0 Å². The van der Waals surface area contributed by atoms with Crippen molar-refractivity contribution >= 4 is 27.9 Å². The molecule has 0 unspecified atom stereocenters. The zero-order valence-corrected chi connectivity index (χ0v) is 11.7. The Labute approximate surface area is 110 Å². The van der Waals surface area contributed by atoms with Gasteiger partial charge >= 0.3 is 11.9 Å². The van der Waals surface area contributed by atoms with Gasteiger partial charge in [-0.25, -0.2) is 0 Å². The Morgan fingerprint density at radius 1 is 1.18 bits per heavy atom. The maximum absolute atomic E-state index is 11.6. The van der Waals surface area contributed by atoms with E-state index in [4.69, 9.17) is 14.6 Å². The highest BCUT2D eigenvalue weighted by Gasteiger charge is 2.31. The normalized spacial score (nSPS) is 12.3. The predicted molar refractivity (Wildman–Crippen MR) is 65.8 cm³/mol. The number of hydrogen-bond acceptors (Lipinski definition) is 5. The fourth-order valence-corrected chi connectivity index (χ4v) is 1.87. The number of esters is 2. The van der Waals surface area contributed by atoms with Crippen LogP contribution in [0.15, 0.2) is 0 Å². The van der Waals surface area contributed by atoms with Gasteiger partial charge in [0.1, 0.15) is 0 Å². The Kier molecular flexibility index (Phi) is 9.07. The first kappa shape index (κ1) is 16.4. The Bertz CT molecular complexity index is 226. The highest BCUT2D eigenvalue weighted by atomic mass is 79.9. The summed E-state index contributed by atoms with van der Waals surface area (Å²) in [5, 5.41) is 8.77. The standard InChI is InChI=1S/C11H19BrO5/c1-3-16-10(14)9(11(15)17-4-2)7-8(12)5-6-13/h8-9,13H,3-7H2,1-2H3/t8-/m0/s1. The van der Waals surface area contributed by atoms with Crippen molar-refractivity contribution in [3.63, 3.8) is 0 Å². The van der Waals surface area contributed by atoms with Gasteiger partial charge in [0.05, 0.1) is 13.2 Å². The number of hydrogen-bond donors (Lipinski definition) is 1. The molecular weight excluding hydrogens is 292 g/mol. The van der Waals surface area contributed by atoms with E-state index in [1.54, 1.807) is 13.8 Å². The molecule has 1 atom stereocenters. The first-order valence-electron chi connectivity index (χ1n) is 5.64. The summed E-state index contributed by atoms with van der Waals surface area (Å²) in [4.78, 5) is 23.1. The maximum atomic E-state index is 11.6. The van der Waals surface area contributed by atoms with Gasteiger partial charge in [0.25, 0.3) is 0 Å². The van der Waals surface area contributed by atoms with Gasteiger partial charge in [0, 0.05) is 11.4 Å². The third-order valence-corrected chi connectivity index (χ3v) is 2.91. The molecule has 0 saturated carbocycles. The molecule has 100 valence electrons. The van der Waals surface area contributed by atoms with Crippen LogP contribution in [0, 0.1) is 5.92 Å².